The molecule has 1 N–H and O–H groups in total. The third-order valence-electron chi connectivity index (χ3n) is 6.24. The number of carbonyl (C=O) groups is 1. The molecule has 4 aromatic rings. The molecule has 1 aromatic heterocycles. The number of anilines is 1. The van der Waals surface area contributed by atoms with Crippen molar-refractivity contribution in [1.29, 1.82) is 0 Å². The summed E-state index contributed by atoms with van der Waals surface area (Å²) in [5.74, 6) is 0.723. The lowest BCUT2D eigenvalue weighted by molar-refractivity contribution is -0.116. The highest BCUT2D eigenvalue weighted by Crippen LogP contribution is 2.32. The number of ether oxygens (including phenoxy) is 2. The Morgan fingerprint density at radius 3 is 2.27 bits per heavy atom. The Bertz CT molecular complexity index is 1590. The zero-order valence-corrected chi connectivity index (χ0v) is 24.8. The Labute approximate surface area is 245 Å². The molecule has 3 aromatic carbocycles. The van der Waals surface area contributed by atoms with Gasteiger partial charge in [0.05, 0.1) is 37.0 Å². The van der Waals surface area contributed by atoms with E-state index in [0.29, 0.717) is 34.4 Å². The summed E-state index contributed by atoms with van der Waals surface area (Å²) in [6, 6.07) is 20.7. The van der Waals surface area contributed by atoms with Crippen LogP contribution in [0.1, 0.15) is 0 Å². The summed E-state index contributed by atoms with van der Waals surface area (Å²) < 4.78 is 40.7. The molecule has 0 atom stereocenters. The maximum atomic E-state index is 13.5. The number of benzene rings is 3. The van der Waals surface area contributed by atoms with Crippen LogP contribution >= 0.6 is 11.6 Å². The van der Waals surface area contributed by atoms with Gasteiger partial charge < -0.3 is 14.4 Å². The fourth-order valence-corrected chi connectivity index (χ4v) is 5.58. The Morgan fingerprint density at radius 2 is 1.63 bits per heavy atom. The molecule has 0 fully saturated rings. The molecule has 0 radical (unpaired) electrons. The number of nitrogens with zero attached hydrogens (tertiary/aromatic N) is 4. The van der Waals surface area contributed by atoms with E-state index in [1.807, 2.05) is 55.4 Å². The molecule has 1 amide bonds. The van der Waals surface area contributed by atoms with Gasteiger partial charge in [0, 0.05) is 35.9 Å². The minimum atomic E-state index is -3.99. The SMILES string of the molecule is COc1ccc(-n2cc(-c3ccccc3)nc2NC(=O)CN(CCN(C)C)S(=O)(=O)c2ccc(Cl)cc2)cc1OC. The van der Waals surface area contributed by atoms with E-state index in [9.17, 15) is 13.2 Å². The van der Waals surface area contributed by atoms with E-state index in [1.54, 1.807) is 30.0 Å². The largest absolute Gasteiger partial charge is 0.493 e. The van der Waals surface area contributed by atoms with Crippen molar-refractivity contribution >= 4 is 33.5 Å². The highest BCUT2D eigenvalue weighted by atomic mass is 35.5. The Morgan fingerprint density at radius 1 is 0.951 bits per heavy atom. The fourth-order valence-electron chi connectivity index (χ4n) is 4.06. The van der Waals surface area contributed by atoms with Gasteiger partial charge in [0.2, 0.25) is 21.9 Å². The molecule has 0 saturated heterocycles. The first-order valence-corrected chi connectivity index (χ1v) is 14.5. The highest BCUT2D eigenvalue weighted by Gasteiger charge is 2.27. The quantitative estimate of drug-likeness (QED) is 0.258. The van der Waals surface area contributed by atoms with Crippen LogP contribution in [0.5, 0.6) is 11.5 Å². The Hall–Kier alpha value is -3.90. The molecular formula is C29H32ClN5O5S. The lowest BCUT2D eigenvalue weighted by atomic mass is 10.2. The van der Waals surface area contributed by atoms with Crippen molar-refractivity contribution in [2.75, 3.05) is 53.3 Å². The maximum absolute atomic E-state index is 13.5. The predicted octanol–water partition coefficient (Wildman–Crippen LogP) is 4.40. The summed E-state index contributed by atoms with van der Waals surface area (Å²) in [6.07, 6.45) is 1.79. The number of likely N-dealkylation sites (N-methyl/N-ethyl adjacent to an activating group) is 1. The first-order valence-electron chi connectivity index (χ1n) is 12.7. The summed E-state index contributed by atoms with van der Waals surface area (Å²) in [5.41, 5.74) is 2.12. The lowest BCUT2D eigenvalue weighted by Crippen LogP contribution is -2.41. The summed E-state index contributed by atoms with van der Waals surface area (Å²) >= 11 is 5.96. The van der Waals surface area contributed by atoms with Crippen molar-refractivity contribution < 1.29 is 22.7 Å². The standard InChI is InChI=1S/C29H32ClN5O5S/c1-33(2)16-17-34(41(37,38)24-13-10-22(30)11-14-24)20-28(36)32-29-31-25(21-8-6-5-7-9-21)19-35(29)23-12-15-26(39-3)27(18-23)40-4/h5-15,18-19H,16-17,20H2,1-4H3,(H,31,32,36). The van der Waals surface area contributed by atoms with Gasteiger partial charge in [-0.15, -0.1) is 0 Å². The zero-order chi connectivity index (χ0) is 29.6. The number of amides is 1. The van der Waals surface area contributed by atoms with E-state index in [0.717, 1.165) is 9.87 Å². The van der Waals surface area contributed by atoms with Crippen molar-refractivity contribution in [3.63, 3.8) is 0 Å². The van der Waals surface area contributed by atoms with E-state index in [-0.39, 0.29) is 17.4 Å². The Kier molecular flexibility index (Phi) is 9.66. The third-order valence-corrected chi connectivity index (χ3v) is 8.35. The van der Waals surface area contributed by atoms with Gasteiger partial charge >= 0.3 is 0 Å². The fraction of sp³-hybridized carbons (Fsp3) is 0.241. The first kappa shape index (κ1) is 30.1. The van der Waals surface area contributed by atoms with Crippen LogP contribution in [0.2, 0.25) is 5.02 Å². The number of rotatable bonds is 12. The molecule has 0 aliphatic rings. The van der Waals surface area contributed by atoms with Gasteiger partial charge in [-0.1, -0.05) is 41.9 Å². The number of methoxy groups -OCH3 is 2. The average Bonchev–Trinajstić information content (AvgIpc) is 3.38. The molecule has 4 rings (SSSR count). The molecule has 0 aliphatic heterocycles. The van der Waals surface area contributed by atoms with Crippen molar-refractivity contribution in [1.82, 2.24) is 18.8 Å². The number of carbonyl (C=O) groups excluding carboxylic acids is 1. The number of halogens is 1. The minimum absolute atomic E-state index is 0.0478. The number of hydrogen-bond acceptors (Lipinski definition) is 7. The summed E-state index contributed by atoms with van der Waals surface area (Å²) in [7, 11) is 2.76. The maximum Gasteiger partial charge on any atom is 0.243 e. The van der Waals surface area contributed by atoms with Crippen LogP contribution in [0.4, 0.5) is 5.95 Å². The minimum Gasteiger partial charge on any atom is -0.493 e. The molecule has 10 nitrogen and oxygen atoms in total. The normalized spacial score (nSPS) is 11.6. The molecule has 0 unspecified atom stereocenters. The highest BCUT2D eigenvalue weighted by molar-refractivity contribution is 7.89. The number of sulfonamides is 1. The van der Waals surface area contributed by atoms with Crippen LogP contribution in [-0.4, -0.2) is 81.0 Å². The van der Waals surface area contributed by atoms with Gasteiger partial charge in [-0.25, -0.2) is 13.4 Å². The van der Waals surface area contributed by atoms with E-state index in [2.05, 4.69) is 10.3 Å². The second kappa shape index (κ2) is 13.2. The van der Waals surface area contributed by atoms with Gasteiger partial charge in [0.15, 0.2) is 11.5 Å². The van der Waals surface area contributed by atoms with Crippen LogP contribution < -0.4 is 14.8 Å². The summed E-state index contributed by atoms with van der Waals surface area (Å²) in [5, 5.41) is 3.23. The Balaban J connectivity index is 1.68. The molecule has 41 heavy (non-hydrogen) atoms. The van der Waals surface area contributed by atoms with E-state index < -0.39 is 22.5 Å². The van der Waals surface area contributed by atoms with Gasteiger partial charge in [0.25, 0.3) is 0 Å². The van der Waals surface area contributed by atoms with Crippen LogP contribution in [0, 0.1) is 0 Å². The van der Waals surface area contributed by atoms with Gasteiger partial charge in [-0.05, 0) is 50.5 Å². The van der Waals surface area contributed by atoms with Crippen LogP contribution in [-0.2, 0) is 14.8 Å². The predicted molar refractivity (Wildman–Crippen MR) is 159 cm³/mol. The molecule has 216 valence electrons. The third kappa shape index (κ3) is 7.25. The number of hydrogen-bond donors (Lipinski definition) is 1. The van der Waals surface area contributed by atoms with Gasteiger partial charge in [-0.3, -0.25) is 14.7 Å². The van der Waals surface area contributed by atoms with E-state index >= 15 is 0 Å². The number of imidazole rings is 1. The van der Waals surface area contributed by atoms with Gasteiger partial charge in [0.1, 0.15) is 0 Å². The smallest absolute Gasteiger partial charge is 0.243 e. The first-order chi connectivity index (χ1) is 19.6. The van der Waals surface area contributed by atoms with Crippen LogP contribution in [0.3, 0.4) is 0 Å². The lowest BCUT2D eigenvalue weighted by Gasteiger charge is -2.23. The van der Waals surface area contributed by atoms with Crippen LogP contribution in [0.15, 0.2) is 83.9 Å². The average molecular weight is 598 g/mol. The number of nitrogens with one attached hydrogen (secondary N) is 1. The molecular weight excluding hydrogens is 566 g/mol. The molecule has 0 saturated carbocycles. The molecule has 12 heteroatoms. The summed E-state index contributed by atoms with van der Waals surface area (Å²) in [6.45, 7) is 0.0988. The van der Waals surface area contributed by atoms with Crippen molar-refractivity contribution in [3.8, 4) is 28.4 Å². The zero-order valence-electron chi connectivity index (χ0n) is 23.2. The monoisotopic (exact) mass is 597 g/mol. The molecule has 0 spiro atoms. The van der Waals surface area contributed by atoms with Crippen LogP contribution in [0.25, 0.3) is 16.9 Å². The molecule has 1 heterocycles. The van der Waals surface area contributed by atoms with Gasteiger partial charge in [-0.2, -0.15) is 4.31 Å². The second-order valence-electron chi connectivity index (χ2n) is 9.37. The van der Waals surface area contributed by atoms with Crippen molar-refractivity contribution in [2.45, 2.75) is 4.90 Å². The second-order valence-corrected chi connectivity index (χ2v) is 11.7. The summed E-state index contributed by atoms with van der Waals surface area (Å²) in [4.78, 5) is 20.0. The van der Waals surface area contributed by atoms with Crippen molar-refractivity contribution in [2.24, 2.45) is 0 Å². The molecule has 0 bridgehead atoms. The number of aromatic nitrogens is 2. The molecule has 0 aliphatic carbocycles. The van der Waals surface area contributed by atoms with E-state index in [4.69, 9.17) is 21.1 Å². The van der Waals surface area contributed by atoms with E-state index in [1.165, 1.54) is 31.4 Å². The topological polar surface area (TPSA) is 106 Å². The van der Waals surface area contributed by atoms with Crippen molar-refractivity contribution in [3.05, 3.63) is 84.0 Å².